The Bertz CT molecular complexity index is 538. The fourth-order valence-electron chi connectivity index (χ4n) is 1.83. The minimum absolute atomic E-state index is 0.509. The lowest BCUT2D eigenvalue weighted by Crippen LogP contribution is -2.25. The molecule has 0 aliphatic heterocycles. The van der Waals surface area contributed by atoms with E-state index in [1.165, 1.54) is 0 Å². The lowest BCUT2D eigenvalue weighted by Gasteiger charge is -2.25. The first-order valence-corrected chi connectivity index (χ1v) is 6.33. The average molecular weight is 308 g/mol. The first-order chi connectivity index (χ1) is 8.55. The van der Waals surface area contributed by atoms with E-state index in [9.17, 15) is 5.11 Å². The molecular weight excluding hydrogens is 294 g/mol. The normalized spacial score (nSPS) is 14.0. The molecule has 0 saturated carbocycles. The predicted octanol–water partition coefficient (Wildman–Crippen LogP) is 3.11. The molecule has 1 aromatic heterocycles. The summed E-state index contributed by atoms with van der Waals surface area (Å²) in [4.78, 5) is 4.23. The number of rotatable bonds is 3. The molecule has 0 fully saturated rings. The van der Waals surface area contributed by atoms with Gasteiger partial charge in [0.05, 0.1) is 7.11 Å². The van der Waals surface area contributed by atoms with E-state index in [4.69, 9.17) is 4.74 Å². The standard InChI is InChI=1S/C14H14BrNO2/c1-14(17,10-5-7-11(15)8-6-10)13-12(18-2)4-3-9-16-13/h3-9,17H,1-2H3. The molecule has 0 aliphatic rings. The second kappa shape index (κ2) is 5.08. The van der Waals surface area contributed by atoms with E-state index in [1.807, 2.05) is 24.3 Å². The smallest absolute Gasteiger partial charge is 0.143 e. The van der Waals surface area contributed by atoms with Crippen molar-refractivity contribution in [1.29, 1.82) is 0 Å². The molecule has 2 rings (SSSR count). The third kappa shape index (κ3) is 2.40. The number of pyridine rings is 1. The molecule has 1 atom stereocenters. The Hall–Kier alpha value is -1.39. The highest BCUT2D eigenvalue weighted by atomic mass is 79.9. The summed E-state index contributed by atoms with van der Waals surface area (Å²) in [5.41, 5.74) is 0.0883. The van der Waals surface area contributed by atoms with Gasteiger partial charge in [0.15, 0.2) is 0 Å². The van der Waals surface area contributed by atoms with E-state index in [-0.39, 0.29) is 0 Å². The molecule has 0 amide bonds. The maximum absolute atomic E-state index is 10.7. The molecule has 0 radical (unpaired) electrons. The van der Waals surface area contributed by atoms with E-state index < -0.39 is 5.60 Å². The van der Waals surface area contributed by atoms with Crippen LogP contribution in [0.25, 0.3) is 0 Å². The Balaban J connectivity index is 2.50. The quantitative estimate of drug-likeness (QED) is 0.947. The third-order valence-corrected chi connectivity index (χ3v) is 3.39. The number of methoxy groups -OCH3 is 1. The zero-order chi connectivity index (χ0) is 13.2. The summed E-state index contributed by atoms with van der Waals surface area (Å²) in [6.07, 6.45) is 1.64. The first kappa shape index (κ1) is 13.1. The molecule has 1 unspecified atom stereocenters. The lowest BCUT2D eigenvalue weighted by atomic mass is 9.91. The number of ether oxygens (including phenoxy) is 1. The SMILES string of the molecule is COc1cccnc1C(C)(O)c1ccc(Br)cc1. The second-order valence-corrected chi connectivity index (χ2v) is 5.05. The van der Waals surface area contributed by atoms with E-state index in [0.29, 0.717) is 11.4 Å². The van der Waals surface area contributed by atoms with Crippen molar-refractivity contribution in [2.45, 2.75) is 12.5 Å². The van der Waals surface area contributed by atoms with Crippen molar-refractivity contribution in [3.05, 3.63) is 58.3 Å². The van der Waals surface area contributed by atoms with Gasteiger partial charge in [0.1, 0.15) is 17.0 Å². The van der Waals surface area contributed by atoms with Gasteiger partial charge < -0.3 is 9.84 Å². The molecule has 2 aromatic rings. The van der Waals surface area contributed by atoms with Crippen molar-refractivity contribution in [3.8, 4) is 5.75 Å². The van der Waals surface area contributed by atoms with Gasteiger partial charge in [-0.2, -0.15) is 0 Å². The van der Waals surface area contributed by atoms with Crippen molar-refractivity contribution in [1.82, 2.24) is 4.98 Å². The molecule has 94 valence electrons. The van der Waals surface area contributed by atoms with Gasteiger partial charge in [0, 0.05) is 10.7 Å². The molecule has 1 aromatic carbocycles. The Kier molecular flexibility index (Phi) is 3.68. The van der Waals surface area contributed by atoms with Crippen LogP contribution in [0.2, 0.25) is 0 Å². The van der Waals surface area contributed by atoms with E-state index in [2.05, 4.69) is 20.9 Å². The monoisotopic (exact) mass is 307 g/mol. The minimum atomic E-state index is -1.19. The topological polar surface area (TPSA) is 42.4 Å². The van der Waals surface area contributed by atoms with Crippen LogP contribution in [0, 0.1) is 0 Å². The number of aliphatic hydroxyl groups is 1. The highest BCUT2D eigenvalue weighted by Crippen LogP contribution is 2.33. The summed E-state index contributed by atoms with van der Waals surface area (Å²) in [7, 11) is 1.57. The van der Waals surface area contributed by atoms with Gasteiger partial charge >= 0.3 is 0 Å². The highest BCUT2D eigenvalue weighted by molar-refractivity contribution is 9.10. The van der Waals surface area contributed by atoms with Gasteiger partial charge in [-0.1, -0.05) is 28.1 Å². The van der Waals surface area contributed by atoms with Gasteiger partial charge in [-0.3, -0.25) is 4.98 Å². The first-order valence-electron chi connectivity index (χ1n) is 5.53. The number of benzene rings is 1. The van der Waals surface area contributed by atoms with Crippen LogP contribution in [-0.4, -0.2) is 17.2 Å². The molecule has 0 saturated heterocycles. The highest BCUT2D eigenvalue weighted by Gasteiger charge is 2.30. The zero-order valence-corrected chi connectivity index (χ0v) is 11.8. The molecule has 0 aliphatic carbocycles. The van der Waals surface area contributed by atoms with Crippen LogP contribution in [0.5, 0.6) is 5.75 Å². The van der Waals surface area contributed by atoms with Crippen LogP contribution in [0.1, 0.15) is 18.2 Å². The Morgan fingerprint density at radius 2 is 1.89 bits per heavy atom. The fraction of sp³-hybridized carbons (Fsp3) is 0.214. The molecule has 0 spiro atoms. The van der Waals surface area contributed by atoms with Gasteiger partial charge in [0.25, 0.3) is 0 Å². The number of hydrogen-bond acceptors (Lipinski definition) is 3. The van der Waals surface area contributed by atoms with Crippen LogP contribution in [0.4, 0.5) is 0 Å². The zero-order valence-electron chi connectivity index (χ0n) is 10.2. The van der Waals surface area contributed by atoms with E-state index in [0.717, 1.165) is 10.0 Å². The summed E-state index contributed by atoms with van der Waals surface area (Å²) < 4.78 is 6.21. The Morgan fingerprint density at radius 3 is 2.50 bits per heavy atom. The number of aromatic nitrogens is 1. The number of halogens is 1. The summed E-state index contributed by atoms with van der Waals surface area (Å²) in [6.45, 7) is 1.71. The predicted molar refractivity (Wildman–Crippen MR) is 73.6 cm³/mol. The van der Waals surface area contributed by atoms with E-state index >= 15 is 0 Å². The van der Waals surface area contributed by atoms with Crippen LogP contribution in [0.3, 0.4) is 0 Å². The maximum Gasteiger partial charge on any atom is 0.143 e. The molecule has 0 bridgehead atoms. The van der Waals surface area contributed by atoms with Crippen LogP contribution < -0.4 is 4.74 Å². The van der Waals surface area contributed by atoms with Gasteiger partial charge in [-0.15, -0.1) is 0 Å². The fourth-order valence-corrected chi connectivity index (χ4v) is 2.10. The third-order valence-electron chi connectivity index (χ3n) is 2.86. The maximum atomic E-state index is 10.7. The molecule has 1 heterocycles. The summed E-state index contributed by atoms with van der Waals surface area (Å²) in [5, 5.41) is 10.7. The summed E-state index contributed by atoms with van der Waals surface area (Å²) >= 11 is 3.37. The number of hydrogen-bond donors (Lipinski definition) is 1. The molecule has 4 heteroatoms. The minimum Gasteiger partial charge on any atom is -0.495 e. The number of nitrogens with zero attached hydrogens (tertiary/aromatic N) is 1. The molecule has 18 heavy (non-hydrogen) atoms. The van der Waals surface area contributed by atoms with Crippen molar-refractivity contribution < 1.29 is 9.84 Å². The van der Waals surface area contributed by atoms with E-state index in [1.54, 1.807) is 32.4 Å². The molecule has 1 N–H and O–H groups in total. The van der Waals surface area contributed by atoms with Crippen LogP contribution >= 0.6 is 15.9 Å². The van der Waals surface area contributed by atoms with Gasteiger partial charge in [-0.25, -0.2) is 0 Å². The van der Waals surface area contributed by atoms with Gasteiger partial charge in [-0.05, 0) is 36.8 Å². The van der Waals surface area contributed by atoms with Crippen molar-refractivity contribution >= 4 is 15.9 Å². The Morgan fingerprint density at radius 1 is 1.22 bits per heavy atom. The van der Waals surface area contributed by atoms with Crippen LogP contribution in [0.15, 0.2) is 47.1 Å². The lowest BCUT2D eigenvalue weighted by molar-refractivity contribution is 0.0939. The average Bonchev–Trinajstić information content (AvgIpc) is 2.39. The van der Waals surface area contributed by atoms with Gasteiger partial charge in [0.2, 0.25) is 0 Å². The van der Waals surface area contributed by atoms with Crippen molar-refractivity contribution in [2.75, 3.05) is 7.11 Å². The summed E-state index contributed by atoms with van der Waals surface area (Å²) in [5.74, 6) is 0.574. The second-order valence-electron chi connectivity index (χ2n) is 4.13. The van der Waals surface area contributed by atoms with Crippen LogP contribution in [-0.2, 0) is 5.60 Å². The molecular formula is C14H14BrNO2. The van der Waals surface area contributed by atoms with Crippen molar-refractivity contribution in [3.63, 3.8) is 0 Å². The van der Waals surface area contributed by atoms with Crippen molar-refractivity contribution in [2.24, 2.45) is 0 Å². The molecule has 3 nitrogen and oxygen atoms in total. The summed E-state index contributed by atoms with van der Waals surface area (Å²) in [6, 6.07) is 11.1. The Labute approximate surface area is 115 Å². The largest absolute Gasteiger partial charge is 0.495 e.